The highest BCUT2D eigenvalue weighted by atomic mass is 14.7. The van der Waals surface area contributed by atoms with Crippen molar-refractivity contribution in [2.45, 2.75) is 67.2 Å². The van der Waals surface area contributed by atoms with Gasteiger partial charge in [0.2, 0.25) is 0 Å². The van der Waals surface area contributed by atoms with Gasteiger partial charge in [0.1, 0.15) is 0 Å². The highest BCUT2D eigenvalue weighted by molar-refractivity contribution is 5.41. The van der Waals surface area contributed by atoms with Gasteiger partial charge in [-0.2, -0.15) is 0 Å². The molecule has 1 aliphatic rings. The fourth-order valence-electron chi connectivity index (χ4n) is 2.78. The maximum atomic E-state index is 6.19. The van der Waals surface area contributed by atoms with Crippen LogP contribution >= 0.6 is 0 Å². The lowest BCUT2D eigenvalue weighted by Gasteiger charge is -2.42. The van der Waals surface area contributed by atoms with Crippen molar-refractivity contribution in [2.75, 3.05) is 0 Å². The Hall–Kier alpha value is -1.18. The van der Waals surface area contributed by atoms with E-state index >= 15 is 0 Å². The molecule has 0 aromatic rings. The molecule has 1 rings (SSSR count). The minimum Gasteiger partial charge on any atom is -0.397 e. The van der Waals surface area contributed by atoms with Gasteiger partial charge in [-0.05, 0) is 48.7 Å². The number of nitrogens with two attached hydrogens (primary N) is 2. The van der Waals surface area contributed by atoms with Crippen LogP contribution in [0.3, 0.4) is 0 Å². The summed E-state index contributed by atoms with van der Waals surface area (Å²) in [6, 6.07) is 0. The zero-order valence-electron chi connectivity index (χ0n) is 14.1. The molecule has 0 amide bonds. The van der Waals surface area contributed by atoms with Gasteiger partial charge in [-0.3, -0.25) is 0 Å². The summed E-state index contributed by atoms with van der Waals surface area (Å²) >= 11 is 0. The second-order valence-corrected chi connectivity index (χ2v) is 7.35. The maximum absolute atomic E-state index is 6.19. The summed E-state index contributed by atoms with van der Waals surface area (Å²) in [7, 11) is 0. The van der Waals surface area contributed by atoms with Gasteiger partial charge >= 0.3 is 0 Å². The molecule has 0 radical (unpaired) electrons. The molecule has 0 spiro atoms. The number of hydrogen-bond acceptors (Lipinski definition) is 2. The van der Waals surface area contributed by atoms with Crippen LogP contribution in [0.4, 0.5) is 0 Å². The Morgan fingerprint density at radius 3 is 2.15 bits per heavy atom. The molecule has 0 aromatic carbocycles. The highest BCUT2D eigenvalue weighted by Gasteiger charge is 2.36. The molecule has 20 heavy (non-hydrogen) atoms. The molecule has 114 valence electrons. The third-order valence-electron chi connectivity index (χ3n) is 4.81. The second-order valence-electron chi connectivity index (χ2n) is 7.35. The maximum Gasteiger partial charge on any atom is 0.0547 e. The van der Waals surface area contributed by atoms with Gasteiger partial charge in [-0.1, -0.05) is 52.7 Å². The average Bonchev–Trinajstić information content (AvgIpc) is 2.37. The van der Waals surface area contributed by atoms with Gasteiger partial charge in [-0.25, -0.2) is 0 Å². The van der Waals surface area contributed by atoms with Crippen LogP contribution in [0, 0.1) is 10.8 Å². The van der Waals surface area contributed by atoms with Crippen molar-refractivity contribution in [3.05, 3.63) is 34.7 Å². The first kappa shape index (κ1) is 16.9. The van der Waals surface area contributed by atoms with Crippen molar-refractivity contribution in [1.82, 2.24) is 0 Å². The molecule has 0 saturated carbocycles. The van der Waals surface area contributed by atoms with Gasteiger partial charge in [-0.15, -0.1) is 0 Å². The van der Waals surface area contributed by atoms with E-state index in [4.69, 9.17) is 11.5 Å². The van der Waals surface area contributed by atoms with Crippen molar-refractivity contribution in [2.24, 2.45) is 22.3 Å². The van der Waals surface area contributed by atoms with Gasteiger partial charge < -0.3 is 11.5 Å². The predicted molar refractivity (Wildman–Crippen MR) is 88.9 cm³/mol. The van der Waals surface area contributed by atoms with Crippen LogP contribution < -0.4 is 11.5 Å². The summed E-state index contributed by atoms with van der Waals surface area (Å²) in [5.41, 5.74) is 16.9. The number of allylic oxidation sites excluding steroid dienone is 4. The summed E-state index contributed by atoms with van der Waals surface area (Å²) < 4.78 is 0. The van der Waals surface area contributed by atoms with Gasteiger partial charge in [0, 0.05) is 0 Å². The van der Waals surface area contributed by atoms with E-state index in [9.17, 15) is 0 Å². The Kier molecular flexibility index (Phi) is 5.12. The first-order valence-corrected chi connectivity index (χ1v) is 7.77. The molecule has 0 heterocycles. The normalized spacial score (nSPS) is 23.1. The van der Waals surface area contributed by atoms with Crippen molar-refractivity contribution in [1.29, 1.82) is 0 Å². The Bertz CT molecular complexity index is 448. The first-order valence-electron chi connectivity index (χ1n) is 7.77. The van der Waals surface area contributed by atoms with E-state index in [2.05, 4.69) is 47.6 Å². The fourth-order valence-corrected chi connectivity index (χ4v) is 2.78. The Morgan fingerprint density at radius 2 is 1.60 bits per heavy atom. The predicted octanol–water partition coefficient (Wildman–Crippen LogP) is 4.63. The topological polar surface area (TPSA) is 52.0 Å². The van der Waals surface area contributed by atoms with E-state index in [0.29, 0.717) is 11.4 Å². The van der Waals surface area contributed by atoms with Crippen molar-refractivity contribution < 1.29 is 0 Å². The molecule has 0 fully saturated rings. The van der Waals surface area contributed by atoms with Crippen LogP contribution in [0.15, 0.2) is 34.7 Å². The van der Waals surface area contributed by atoms with Crippen LogP contribution in [-0.4, -0.2) is 0 Å². The van der Waals surface area contributed by atoms with Crippen molar-refractivity contribution in [3.63, 3.8) is 0 Å². The largest absolute Gasteiger partial charge is 0.397 e. The van der Waals surface area contributed by atoms with Crippen molar-refractivity contribution >= 4 is 0 Å². The van der Waals surface area contributed by atoms with Crippen LogP contribution in [-0.2, 0) is 0 Å². The Labute approximate surface area is 125 Å². The standard InChI is InChI=1S/C18H32N2/c1-7-8-9-15(19)16(20)12-14-13(2)17(3,4)10-11-18(14,5)6/h9,12H,7-8,10-11,19-20H2,1-6H3/b15-9+,16-12+. The molecular formula is C18H32N2. The fraction of sp³-hybridized carbons (Fsp3) is 0.667. The minimum absolute atomic E-state index is 0.176. The van der Waals surface area contributed by atoms with Crippen LogP contribution in [0.5, 0.6) is 0 Å². The molecule has 0 bridgehead atoms. The summed E-state index contributed by atoms with van der Waals surface area (Å²) in [6.45, 7) is 13.6. The SMILES string of the molecule is CCC/C=C(N)\C(N)=C/C1=C(C)C(C)(C)CCC1(C)C. The number of unbranched alkanes of at least 4 members (excludes halogenated alkanes) is 1. The molecule has 0 aromatic heterocycles. The molecule has 1 aliphatic carbocycles. The van der Waals surface area contributed by atoms with E-state index in [0.717, 1.165) is 12.8 Å². The smallest absolute Gasteiger partial charge is 0.0547 e. The monoisotopic (exact) mass is 276 g/mol. The minimum atomic E-state index is 0.176. The van der Waals surface area contributed by atoms with Gasteiger partial charge in [0.05, 0.1) is 11.4 Å². The zero-order valence-corrected chi connectivity index (χ0v) is 14.1. The lowest BCUT2D eigenvalue weighted by atomic mass is 9.63. The lowest BCUT2D eigenvalue weighted by Crippen LogP contribution is -2.29. The van der Waals surface area contributed by atoms with Crippen LogP contribution in [0.25, 0.3) is 0 Å². The van der Waals surface area contributed by atoms with E-state index in [1.807, 2.05) is 6.08 Å². The van der Waals surface area contributed by atoms with Gasteiger partial charge in [0.15, 0.2) is 0 Å². The van der Waals surface area contributed by atoms with E-state index in [1.165, 1.54) is 24.0 Å². The third-order valence-corrected chi connectivity index (χ3v) is 4.81. The molecule has 0 aliphatic heterocycles. The molecular weight excluding hydrogens is 244 g/mol. The number of rotatable bonds is 4. The molecule has 4 N–H and O–H groups in total. The number of hydrogen-bond donors (Lipinski definition) is 2. The summed E-state index contributed by atoms with van der Waals surface area (Å²) in [4.78, 5) is 0. The van der Waals surface area contributed by atoms with Crippen molar-refractivity contribution in [3.8, 4) is 0 Å². The lowest BCUT2D eigenvalue weighted by molar-refractivity contribution is 0.267. The summed E-state index contributed by atoms with van der Waals surface area (Å²) in [5.74, 6) is 0. The van der Waals surface area contributed by atoms with E-state index < -0.39 is 0 Å². The van der Waals surface area contributed by atoms with E-state index in [1.54, 1.807) is 0 Å². The Morgan fingerprint density at radius 1 is 1.05 bits per heavy atom. The zero-order chi connectivity index (χ0) is 15.6. The first-order chi connectivity index (χ1) is 9.12. The molecule has 0 unspecified atom stereocenters. The summed E-state index contributed by atoms with van der Waals surface area (Å²) in [5, 5.41) is 0. The quantitative estimate of drug-likeness (QED) is 0.735. The third kappa shape index (κ3) is 3.68. The molecule has 0 saturated heterocycles. The average molecular weight is 276 g/mol. The second kappa shape index (κ2) is 6.07. The highest BCUT2D eigenvalue weighted by Crippen LogP contribution is 2.49. The molecule has 0 atom stereocenters. The summed E-state index contributed by atoms with van der Waals surface area (Å²) in [6.07, 6.45) is 8.63. The van der Waals surface area contributed by atoms with Crippen LogP contribution in [0.2, 0.25) is 0 Å². The molecule has 2 nitrogen and oxygen atoms in total. The van der Waals surface area contributed by atoms with Crippen LogP contribution in [0.1, 0.15) is 67.2 Å². The van der Waals surface area contributed by atoms with Gasteiger partial charge in [0.25, 0.3) is 0 Å². The Balaban J connectivity index is 3.20. The van der Waals surface area contributed by atoms with E-state index in [-0.39, 0.29) is 10.8 Å². The molecule has 2 heteroatoms.